The summed E-state index contributed by atoms with van der Waals surface area (Å²) in [6, 6.07) is 13.2. The highest BCUT2D eigenvalue weighted by Gasteiger charge is 2.25. The van der Waals surface area contributed by atoms with Crippen molar-refractivity contribution in [2.45, 2.75) is 39.2 Å². The summed E-state index contributed by atoms with van der Waals surface area (Å²) in [7, 11) is 0. The van der Waals surface area contributed by atoms with Crippen LogP contribution in [0.15, 0.2) is 53.7 Å². The smallest absolute Gasteiger partial charge is 0.420 e. The van der Waals surface area contributed by atoms with Crippen molar-refractivity contribution in [3.8, 4) is 0 Å². The zero-order chi connectivity index (χ0) is 17.9. The van der Waals surface area contributed by atoms with E-state index in [0.717, 1.165) is 36.3 Å². The van der Waals surface area contributed by atoms with E-state index in [2.05, 4.69) is 9.98 Å². The number of para-hydroxylation sites is 1. The summed E-state index contributed by atoms with van der Waals surface area (Å²) in [5.74, 6) is 0.530. The first-order valence-electron chi connectivity index (χ1n) is 8.52. The average molecular weight is 337 g/mol. The molecule has 1 aliphatic rings. The van der Waals surface area contributed by atoms with Gasteiger partial charge in [-0.25, -0.2) is 14.7 Å². The topological polar surface area (TPSA) is 54.8 Å². The third kappa shape index (κ3) is 4.24. The summed E-state index contributed by atoms with van der Waals surface area (Å²) in [6.07, 6.45) is 3.40. The van der Waals surface area contributed by atoms with E-state index in [1.165, 1.54) is 4.90 Å². The molecule has 3 rings (SSSR count). The number of carbonyl (C=O) groups is 1. The largest absolute Gasteiger partial charge is 0.443 e. The van der Waals surface area contributed by atoms with Gasteiger partial charge in [0.15, 0.2) is 0 Å². The molecule has 0 atom stereocenters. The van der Waals surface area contributed by atoms with Crippen molar-refractivity contribution in [3.63, 3.8) is 0 Å². The van der Waals surface area contributed by atoms with Crippen LogP contribution in [-0.2, 0) is 4.74 Å². The van der Waals surface area contributed by atoms with E-state index < -0.39 is 11.7 Å². The molecule has 25 heavy (non-hydrogen) atoms. The lowest BCUT2D eigenvalue weighted by atomic mass is 10.1. The second-order valence-corrected chi connectivity index (χ2v) is 6.99. The molecule has 0 fully saturated rings. The van der Waals surface area contributed by atoms with Gasteiger partial charge in [0.25, 0.3) is 0 Å². The monoisotopic (exact) mass is 337 g/mol. The Bertz CT molecular complexity index is 762. The fourth-order valence-corrected chi connectivity index (χ4v) is 2.68. The molecule has 0 bridgehead atoms. The van der Waals surface area contributed by atoms with Crippen molar-refractivity contribution >= 4 is 23.3 Å². The zero-order valence-electron chi connectivity index (χ0n) is 14.9. The van der Waals surface area contributed by atoms with Gasteiger partial charge in [0.1, 0.15) is 11.4 Å². The summed E-state index contributed by atoms with van der Waals surface area (Å²) in [5, 5.41) is 0. The van der Waals surface area contributed by atoms with Crippen LogP contribution in [0.5, 0.6) is 0 Å². The zero-order valence-corrected chi connectivity index (χ0v) is 14.9. The van der Waals surface area contributed by atoms with Crippen LogP contribution in [0, 0.1) is 0 Å². The van der Waals surface area contributed by atoms with Crippen molar-refractivity contribution in [1.29, 1.82) is 0 Å². The molecule has 1 aromatic carbocycles. The molecular formula is C20H23N3O2. The minimum absolute atomic E-state index is 0.447. The standard InChI is InChI=1S/C20H23N3O2/c1-20(2,3)25-19(24)23(16-8-5-4-6-9-16)18-12-11-15(14-22-18)17-10-7-13-21-17/h4-6,8-9,11-12,14H,7,10,13H2,1-3H3. The summed E-state index contributed by atoms with van der Waals surface area (Å²) in [5.41, 5.74) is 2.24. The number of ether oxygens (including phenoxy) is 1. The second-order valence-electron chi connectivity index (χ2n) is 6.99. The molecule has 0 saturated carbocycles. The van der Waals surface area contributed by atoms with Crippen molar-refractivity contribution in [2.75, 3.05) is 11.4 Å². The third-order valence-corrected chi connectivity index (χ3v) is 3.78. The second kappa shape index (κ2) is 7.05. The SMILES string of the molecule is CC(C)(C)OC(=O)N(c1ccccc1)c1ccc(C2=NCCC2)cn1. The van der Waals surface area contributed by atoms with E-state index in [1.54, 1.807) is 6.20 Å². The fourth-order valence-electron chi connectivity index (χ4n) is 2.68. The van der Waals surface area contributed by atoms with Crippen LogP contribution in [0.4, 0.5) is 16.3 Å². The van der Waals surface area contributed by atoms with Crippen LogP contribution < -0.4 is 4.90 Å². The van der Waals surface area contributed by atoms with Crippen LogP contribution in [0.2, 0.25) is 0 Å². The van der Waals surface area contributed by atoms with Crippen molar-refractivity contribution < 1.29 is 9.53 Å². The van der Waals surface area contributed by atoms with Gasteiger partial charge in [-0.2, -0.15) is 0 Å². The summed E-state index contributed by atoms with van der Waals surface area (Å²) < 4.78 is 5.56. The number of benzene rings is 1. The molecule has 2 heterocycles. The number of nitrogens with zero attached hydrogens (tertiary/aromatic N) is 3. The number of rotatable bonds is 3. The molecule has 0 N–H and O–H groups in total. The third-order valence-electron chi connectivity index (χ3n) is 3.78. The van der Waals surface area contributed by atoms with Gasteiger partial charge in [0.2, 0.25) is 0 Å². The predicted octanol–water partition coefficient (Wildman–Crippen LogP) is 4.74. The summed E-state index contributed by atoms with van der Waals surface area (Å²) in [6.45, 7) is 6.43. The van der Waals surface area contributed by atoms with Crippen molar-refractivity contribution in [3.05, 3.63) is 54.2 Å². The molecule has 0 radical (unpaired) electrons. The first-order valence-corrected chi connectivity index (χ1v) is 8.52. The Hall–Kier alpha value is -2.69. The minimum atomic E-state index is -0.581. The molecule has 2 aromatic rings. The van der Waals surface area contributed by atoms with E-state index in [1.807, 2.05) is 63.2 Å². The number of aromatic nitrogens is 1. The Morgan fingerprint density at radius 2 is 1.88 bits per heavy atom. The van der Waals surface area contributed by atoms with Gasteiger partial charge in [-0.05, 0) is 57.9 Å². The average Bonchev–Trinajstić information content (AvgIpc) is 3.09. The van der Waals surface area contributed by atoms with E-state index in [0.29, 0.717) is 5.82 Å². The molecule has 1 amide bonds. The van der Waals surface area contributed by atoms with Crippen molar-refractivity contribution in [1.82, 2.24) is 4.98 Å². The van der Waals surface area contributed by atoms with E-state index in [4.69, 9.17) is 4.74 Å². The van der Waals surface area contributed by atoms with E-state index in [9.17, 15) is 4.79 Å². The fraction of sp³-hybridized carbons (Fsp3) is 0.350. The van der Waals surface area contributed by atoms with Gasteiger partial charge >= 0.3 is 6.09 Å². The quantitative estimate of drug-likeness (QED) is 0.813. The molecule has 0 aliphatic carbocycles. The normalized spacial score (nSPS) is 14.1. The number of pyridine rings is 1. The van der Waals surface area contributed by atoms with Crippen LogP contribution in [0.25, 0.3) is 0 Å². The first kappa shape index (κ1) is 17.1. The molecule has 130 valence electrons. The van der Waals surface area contributed by atoms with Gasteiger partial charge in [-0.3, -0.25) is 4.99 Å². The lowest BCUT2D eigenvalue weighted by Crippen LogP contribution is -2.34. The van der Waals surface area contributed by atoms with Crippen LogP contribution >= 0.6 is 0 Å². The predicted molar refractivity (Wildman–Crippen MR) is 99.7 cm³/mol. The van der Waals surface area contributed by atoms with Gasteiger partial charge < -0.3 is 4.74 Å². The molecule has 0 unspecified atom stereocenters. The number of hydrogen-bond acceptors (Lipinski definition) is 4. The van der Waals surface area contributed by atoms with Gasteiger partial charge in [0, 0.05) is 24.0 Å². The van der Waals surface area contributed by atoms with Crippen LogP contribution in [0.3, 0.4) is 0 Å². The number of amides is 1. The number of carbonyl (C=O) groups excluding carboxylic acids is 1. The van der Waals surface area contributed by atoms with Gasteiger partial charge in [0.05, 0.1) is 5.69 Å². The highest BCUT2D eigenvalue weighted by atomic mass is 16.6. The van der Waals surface area contributed by atoms with Crippen LogP contribution in [0.1, 0.15) is 39.2 Å². The number of anilines is 2. The summed E-state index contributed by atoms with van der Waals surface area (Å²) >= 11 is 0. The molecule has 1 aliphatic heterocycles. The van der Waals surface area contributed by atoms with E-state index >= 15 is 0 Å². The molecule has 1 aromatic heterocycles. The highest BCUT2D eigenvalue weighted by molar-refractivity contribution is 6.02. The Morgan fingerprint density at radius 3 is 2.44 bits per heavy atom. The lowest BCUT2D eigenvalue weighted by molar-refractivity contribution is 0.0598. The minimum Gasteiger partial charge on any atom is -0.443 e. The van der Waals surface area contributed by atoms with Gasteiger partial charge in [-0.15, -0.1) is 0 Å². The lowest BCUT2D eigenvalue weighted by Gasteiger charge is -2.27. The number of aliphatic imine (C=N–C) groups is 1. The molecule has 5 heteroatoms. The Balaban J connectivity index is 1.92. The maximum atomic E-state index is 12.7. The first-order chi connectivity index (χ1) is 11.9. The molecule has 0 saturated heterocycles. The Labute approximate surface area is 148 Å². The Kier molecular flexibility index (Phi) is 4.83. The van der Waals surface area contributed by atoms with Crippen molar-refractivity contribution in [2.24, 2.45) is 4.99 Å². The summed E-state index contributed by atoms with van der Waals surface area (Å²) in [4.78, 5) is 23.2. The maximum absolute atomic E-state index is 12.7. The Morgan fingerprint density at radius 1 is 1.12 bits per heavy atom. The van der Waals surface area contributed by atoms with E-state index in [-0.39, 0.29) is 0 Å². The number of hydrogen-bond donors (Lipinski definition) is 0. The highest BCUT2D eigenvalue weighted by Crippen LogP contribution is 2.26. The molecule has 5 nitrogen and oxygen atoms in total. The van der Waals surface area contributed by atoms with Crippen LogP contribution in [-0.4, -0.2) is 28.9 Å². The molecule has 0 spiro atoms. The molecular weight excluding hydrogens is 314 g/mol. The maximum Gasteiger partial charge on any atom is 0.420 e. The van der Waals surface area contributed by atoms with Gasteiger partial charge in [-0.1, -0.05) is 18.2 Å².